The molecule has 0 saturated heterocycles. The molecule has 8 heteroatoms. The number of hydrogen-bond acceptors (Lipinski definition) is 6. The van der Waals surface area contributed by atoms with Crippen LogP contribution in [0.3, 0.4) is 0 Å². The van der Waals surface area contributed by atoms with Crippen molar-refractivity contribution in [3.8, 4) is 18.2 Å². The zero-order valence-corrected chi connectivity index (χ0v) is 19.6. The number of nitrogens with two attached hydrogens (primary N) is 1. The van der Waals surface area contributed by atoms with E-state index in [1.807, 2.05) is 36.4 Å². The van der Waals surface area contributed by atoms with Gasteiger partial charge in [0, 0.05) is 35.7 Å². The van der Waals surface area contributed by atoms with Gasteiger partial charge in [-0.1, -0.05) is 52.3 Å². The van der Waals surface area contributed by atoms with Gasteiger partial charge in [0.1, 0.15) is 11.5 Å². The van der Waals surface area contributed by atoms with Crippen LogP contribution in [0.4, 0.5) is 5.69 Å². The summed E-state index contributed by atoms with van der Waals surface area (Å²) in [6.07, 6.45) is 1.91. The maximum atomic E-state index is 13.9. The van der Waals surface area contributed by atoms with Crippen molar-refractivity contribution in [1.82, 2.24) is 4.90 Å². The van der Waals surface area contributed by atoms with Crippen LogP contribution in [0, 0.1) is 45.3 Å². The first-order valence-electron chi connectivity index (χ1n) is 10.7. The summed E-state index contributed by atoms with van der Waals surface area (Å²) in [5.41, 5.74) is 5.52. The second-order valence-corrected chi connectivity index (χ2v) is 9.63. The molecule has 2 heterocycles. The summed E-state index contributed by atoms with van der Waals surface area (Å²) in [5.74, 6) is -1.08. The van der Waals surface area contributed by atoms with E-state index in [1.165, 1.54) is 0 Å². The molecular weight excluding hydrogens is 492 g/mol. The summed E-state index contributed by atoms with van der Waals surface area (Å²) < 4.78 is 0.711. The molecule has 0 saturated carbocycles. The number of nitriles is 3. The molecule has 3 aliphatic rings. The van der Waals surface area contributed by atoms with Crippen LogP contribution in [-0.2, 0) is 16.8 Å². The number of benzene rings is 2. The Morgan fingerprint density at radius 1 is 1.15 bits per heavy atom. The number of nitrogens with zero attached hydrogens (tertiary/aromatic N) is 4. The molecule has 7 nitrogen and oxygen atoms in total. The Balaban J connectivity index is 1.78. The van der Waals surface area contributed by atoms with Crippen LogP contribution in [0.2, 0.25) is 0 Å². The predicted molar refractivity (Wildman–Crippen MR) is 128 cm³/mol. The van der Waals surface area contributed by atoms with E-state index >= 15 is 0 Å². The minimum Gasteiger partial charge on any atom is -0.399 e. The predicted octanol–water partition coefficient (Wildman–Crippen LogP) is 3.48. The van der Waals surface area contributed by atoms with Gasteiger partial charge in [0.2, 0.25) is 11.3 Å². The minimum absolute atomic E-state index is 0.120. The highest BCUT2D eigenvalue weighted by Crippen LogP contribution is 2.62. The second-order valence-electron chi connectivity index (χ2n) is 8.72. The summed E-state index contributed by atoms with van der Waals surface area (Å²) in [4.78, 5) is 16.0. The van der Waals surface area contributed by atoms with E-state index < -0.39 is 22.7 Å². The largest absolute Gasteiger partial charge is 0.399 e. The number of hydrogen-bond donors (Lipinski definition) is 2. The zero-order chi connectivity index (χ0) is 24.1. The molecule has 0 unspecified atom stereocenters. The molecule has 0 aromatic heterocycles. The number of halogens is 1. The minimum atomic E-state index is -2.05. The molecule has 1 aliphatic carbocycles. The number of amides is 1. The third kappa shape index (κ3) is 2.72. The molecule has 166 valence electrons. The van der Waals surface area contributed by atoms with Crippen molar-refractivity contribution in [3.63, 3.8) is 0 Å². The highest BCUT2D eigenvalue weighted by atomic mass is 79.9. The number of anilines is 1. The smallest absolute Gasteiger partial charge is 0.238 e. The van der Waals surface area contributed by atoms with Crippen LogP contribution >= 0.6 is 15.9 Å². The highest BCUT2D eigenvalue weighted by Gasteiger charge is 2.71. The number of allylic oxidation sites excluding steroid dienone is 2. The molecule has 0 fully saturated rings. The lowest BCUT2D eigenvalue weighted by atomic mass is 9.48. The standard InChI is InChI=1S/C26H19BrN6O/c27-17-6-7-22-20(10-17)26(24(34)32-22)21-13-33(12-16-4-2-1-3-5-16)9-8-18(21)19(11-28)23(31)25(26,14-29)15-30/h1-8,10,21H,9,12-13,31H2,(H,32,34)/t21-,26+/m1/s1. The summed E-state index contributed by atoms with van der Waals surface area (Å²) in [6, 6.07) is 21.5. The van der Waals surface area contributed by atoms with E-state index in [4.69, 9.17) is 5.73 Å². The van der Waals surface area contributed by atoms with Gasteiger partial charge >= 0.3 is 0 Å². The molecule has 1 spiro atoms. The molecule has 2 aliphatic heterocycles. The van der Waals surface area contributed by atoms with Crippen molar-refractivity contribution in [2.45, 2.75) is 12.0 Å². The van der Waals surface area contributed by atoms with E-state index in [2.05, 4.69) is 44.4 Å². The third-order valence-electron chi connectivity index (χ3n) is 7.17. The first-order chi connectivity index (χ1) is 16.4. The van der Waals surface area contributed by atoms with Crippen molar-refractivity contribution in [2.75, 3.05) is 18.4 Å². The average molecular weight is 511 g/mol. The third-order valence-corrected chi connectivity index (χ3v) is 7.66. The van der Waals surface area contributed by atoms with Crippen LogP contribution in [0.25, 0.3) is 0 Å². The number of fused-ring (bicyclic) bond motifs is 4. The topological polar surface area (TPSA) is 130 Å². The Morgan fingerprint density at radius 3 is 2.56 bits per heavy atom. The number of nitrogens with one attached hydrogen (secondary N) is 1. The first kappa shape index (κ1) is 21.9. The summed E-state index contributed by atoms with van der Waals surface area (Å²) in [7, 11) is 0. The molecule has 2 aromatic carbocycles. The molecule has 0 bridgehead atoms. The van der Waals surface area contributed by atoms with Gasteiger partial charge in [-0.2, -0.15) is 15.8 Å². The Bertz CT molecular complexity index is 1390. The molecule has 0 radical (unpaired) electrons. The monoisotopic (exact) mass is 510 g/mol. The second kappa shape index (κ2) is 7.85. The van der Waals surface area contributed by atoms with Gasteiger partial charge in [-0.15, -0.1) is 0 Å². The van der Waals surface area contributed by atoms with Crippen molar-refractivity contribution < 1.29 is 4.79 Å². The normalized spacial score (nSPS) is 24.8. The summed E-state index contributed by atoms with van der Waals surface area (Å²) in [6.45, 7) is 1.55. The van der Waals surface area contributed by atoms with Crippen molar-refractivity contribution in [2.24, 2.45) is 17.1 Å². The van der Waals surface area contributed by atoms with Crippen LogP contribution < -0.4 is 11.1 Å². The average Bonchev–Trinajstić information content (AvgIpc) is 3.13. The maximum Gasteiger partial charge on any atom is 0.238 e. The fraction of sp³-hybridized carbons (Fsp3) is 0.231. The lowest BCUT2D eigenvalue weighted by molar-refractivity contribution is -0.125. The van der Waals surface area contributed by atoms with Gasteiger partial charge in [0.05, 0.1) is 23.4 Å². The molecular formula is C26H19BrN6O. The summed E-state index contributed by atoms with van der Waals surface area (Å²) >= 11 is 3.48. The Morgan fingerprint density at radius 2 is 1.88 bits per heavy atom. The van der Waals surface area contributed by atoms with E-state index in [0.717, 1.165) is 5.56 Å². The van der Waals surface area contributed by atoms with Crippen LogP contribution in [0.1, 0.15) is 11.1 Å². The van der Waals surface area contributed by atoms with E-state index in [-0.39, 0.29) is 11.3 Å². The van der Waals surface area contributed by atoms with Crippen LogP contribution in [0.15, 0.2) is 75.9 Å². The van der Waals surface area contributed by atoms with Crippen molar-refractivity contribution in [1.29, 1.82) is 15.8 Å². The number of carbonyl (C=O) groups excluding carboxylic acids is 1. The molecule has 1 amide bonds. The lowest BCUT2D eigenvalue weighted by Crippen LogP contribution is -2.62. The molecule has 34 heavy (non-hydrogen) atoms. The zero-order valence-electron chi connectivity index (χ0n) is 18.0. The summed E-state index contributed by atoms with van der Waals surface area (Å²) in [5, 5.41) is 33.8. The Labute approximate surface area is 205 Å². The van der Waals surface area contributed by atoms with Gasteiger partial charge in [0.15, 0.2) is 0 Å². The van der Waals surface area contributed by atoms with Crippen molar-refractivity contribution >= 4 is 27.5 Å². The van der Waals surface area contributed by atoms with E-state index in [9.17, 15) is 20.6 Å². The maximum absolute atomic E-state index is 13.9. The quantitative estimate of drug-likeness (QED) is 0.635. The van der Waals surface area contributed by atoms with Gasteiger partial charge in [-0.25, -0.2) is 0 Å². The first-order valence-corrected chi connectivity index (χ1v) is 11.5. The number of carbonyl (C=O) groups is 1. The molecule has 3 N–H and O–H groups in total. The fourth-order valence-electron chi connectivity index (χ4n) is 5.69. The molecule has 5 rings (SSSR count). The van der Waals surface area contributed by atoms with Gasteiger partial charge < -0.3 is 11.1 Å². The lowest BCUT2D eigenvalue weighted by Gasteiger charge is -2.51. The van der Waals surface area contributed by atoms with Crippen LogP contribution in [0.5, 0.6) is 0 Å². The van der Waals surface area contributed by atoms with Gasteiger partial charge in [0.25, 0.3) is 0 Å². The van der Waals surface area contributed by atoms with Crippen LogP contribution in [-0.4, -0.2) is 23.9 Å². The fourth-order valence-corrected chi connectivity index (χ4v) is 6.06. The van der Waals surface area contributed by atoms with E-state index in [1.54, 1.807) is 18.2 Å². The highest BCUT2D eigenvalue weighted by molar-refractivity contribution is 9.10. The SMILES string of the molecule is N#CC1=C(N)C(C#N)(C#N)[C@]2(C(=O)Nc3ccc(Br)cc32)[C@@H]2CN(Cc3ccccc3)CC=C12. The molecule has 2 aromatic rings. The number of rotatable bonds is 2. The Hall–Kier alpha value is -3.90. The van der Waals surface area contributed by atoms with Crippen molar-refractivity contribution in [3.05, 3.63) is 87.0 Å². The van der Waals surface area contributed by atoms with E-state index in [0.29, 0.717) is 40.9 Å². The van der Waals surface area contributed by atoms with Gasteiger partial charge in [-0.05, 0) is 34.9 Å². The Kier molecular flexibility index (Phi) is 5.06. The van der Waals surface area contributed by atoms with Gasteiger partial charge in [-0.3, -0.25) is 9.69 Å². The molecule has 2 atom stereocenters.